The summed E-state index contributed by atoms with van der Waals surface area (Å²) in [5.41, 5.74) is 1.08. The van der Waals surface area contributed by atoms with Crippen LogP contribution in [0.1, 0.15) is 6.42 Å². The van der Waals surface area contributed by atoms with Crippen molar-refractivity contribution >= 4 is 11.4 Å². The molecule has 0 radical (unpaired) electrons. The van der Waals surface area contributed by atoms with Crippen LogP contribution < -0.4 is 9.64 Å². The van der Waals surface area contributed by atoms with E-state index in [1.165, 1.54) is 18.3 Å². The van der Waals surface area contributed by atoms with E-state index in [2.05, 4.69) is 14.9 Å². The first-order chi connectivity index (χ1) is 10.2. The molecule has 0 spiro atoms. The van der Waals surface area contributed by atoms with E-state index < -0.39 is 4.92 Å². The lowest BCUT2D eigenvalue weighted by atomic mass is 10.3. The van der Waals surface area contributed by atoms with Crippen molar-refractivity contribution in [2.45, 2.75) is 12.5 Å². The van der Waals surface area contributed by atoms with Crippen molar-refractivity contribution in [2.24, 2.45) is 0 Å². The summed E-state index contributed by atoms with van der Waals surface area (Å²) in [5, 5.41) is 10.6. The van der Waals surface area contributed by atoms with E-state index in [1.807, 2.05) is 12.1 Å². The summed E-state index contributed by atoms with van der Waals surface area (Å²) in [7, 11) is 0. The van der Waals surface area contributed by atoms with Gasteiger partial charge in [-0.05, 0) is 12.1 Å². The Kier molecular flexibility index (Phi) is 3.63. The number of hydrogen-bond acceptors (Lipinski definition) is 6. The summed E-state index contributed by atoms with van der Waals surface area (Å²) >= 11 is 0. The molecule has 0 bridgehead atoms. The monoisotopic (exact) mass is 286 g/mol. The fourth-order valence-corrected chi connectivity index (χ4v) is 2.33. The molecule has 21 heavy (non-hydrogen) atoms. The second kappa shape index (κ2) is 5.74. The van der Waals surface area contributed by atoms with Crippen LogP contribution in [0.3, 0.4) is 0 Å². The molecular weight excluding hydrogens is 272 g/mol. The Morgan fingerprint density at radius 2 is 2.10 bits per heavy atom. The van der Waals surface area contributed by atoms with Crippen LogP contribution in [-0.4, -0.2) is 34.1 Å². The second-order valence-electron chi connectivity index (χ2n) is 4.79. The van der Waals surface area contributed by atoms with Crippen LogP contribution in [0.5, 0.6) is 5.88 Å². The fourth-order valence-electron chi connectivity index (χ4n) is 2.33. The van der Waals surface area contributed by atoms with E-state index in [4.69, 9.17) is 4.74 Å². The minimum atomic E-state index is -0.475. The highest BCUT2D eigenvalue weighted by molar-refractivity contribution is 5.45. The normalized spacial score (nSPS) is 17.7. The summed E-state index contributed by atoms with van der Waals surface area (Å²) in [6.07, 6.45) is 5.67. The van der Waals surface area contributed by atoms with E-state index in [9.17, 15) is 10.1 Å². The van der Waals surface area contributed by atoms with Crippen molar-refractivity contribution in [3.8, 4) is 5.88 Å². The molecule has 0 N–H and O–H groups in total. The van der Waals surface area contributed by atoms with E-state index >= 15 is 0 Å². The first kappa shape index (κ1) is 13.3. The third kappa shape index (κ3) is 3.07. The minimum absolute atomic E-state index is 0.0344. The molecule has 7 heteroatoms. The van der Waals surface area contributed by atoms with Crippen molar-refractivity contribution in [2.75, 3.05) is 18.0 Å². The van der Waals surface area contributed by atoms with Crippen LogP contribution in [0.25, 0.3) is 0 Å². The molecule has 2 aromatic heterocycles. The Labute approximate surface area is 121 Å². The summed E-state index contributed by atoms with van der Waals surface area (Å²) in [4.78, 5) is 20.3. The summed E-state index contributed by atoms with van der Waals surface area (Å²) in [6, 6.07) is 6.87. The van der Waals surface area contributed by atoms with E-state index in [0.29, 0.717) is 5.88 Å². The van der Waals surface area contributed by atoms with Crippen molar-refractivity contribution in [1.29, 1.82) is 0 Å². The highest BCUT2D eigenvalue weighted by Crippen LogP contribution is 2.22. The molecule has 2 aromatic rings. The van der Waals surface area contributed by atoms with Gasteiger partial charge in [0.2, 0.25) is 5.88 Å². The fraction of sp³-hybridized carbons (Fsp3) is 0.286. The molecule has 3 heterocycles. The number of anilines is 1. The molecule has 7 nitrogen and oxygen atoms in total. The zero-order valence-electron chi connectivity index (χ0n) is 11.3. The first-order valence-corrected chi connectivity index (χ1v) is 6.64. The van der Waals surface area contributed by atoms with Crippen LogP contribution in [0.4, 0.5) is 11.4 Å². The van der Waals surface area contributed by atoms with Gasteiger partial charge in [-0.15, -0.1) is 0 Å². The lowest BCUT2D eigenvalue weighted by molar-refractivity contribution is -0.385. The minimum Gasteiger partial charge on any atom is -0.472 e. The van der Waals surface area contributed by atoms with Crippen LogP contribution in [0, 0.1) is 10.1 Å². The number of pyridine rings is 2. The molecule has 0 unspecified atom stereocenters. The predicted octanol–water partition coefficient (Wildman–Crippen LogP) is 2.04. The van der Waals surface area contributed by atoms with E-state index in [0.717, 1.165) is 25.2 Å². The highest BCUT2D eigenvalue weighted by atomic mass is 16.6. The zero-order chi connectivity index (χ0) is 14.7. The van der Waals surface area contributed by atoms with Gasteiger partial charge in [-0.2, -0.15) is 0 Å². The molecule has 1 atom stereocenters. The average molecular weight is 286 g/mol. The second-order valence-corrected chi connectivity index (χ2v) is 4.79. The summed E-state index contributed by atoms with van der Waals surface area (Å²) in [6.45, 7) is 1.67. The number of aromatic nitrogens is 2. The Morgan fingerprint density at radius 1 is 1.29 bits per heavy atom. The van der Waals surface area contributed by atoms with Crippen molar-refractivity contribution < 1.29 is 9.66 Å². The number of ether oxygens (including phenoxy) is 1. The maximum atomic E-state index is 10.6. The first-order valence-electron chi connectivity index (χ1n) is 6.64. The molecule has 1 aliphatic rings. The van der Waals surface area contributed by atoms with Gasteiger partial charge in [-0.3, -0.25) is 15.1 Å². The largest absolute Gasteiger partial charge is 0.472 e. The van der Waals surface area contributed by atoms with Gasteiger partial charge in [-0.25, -0.2) is 4.98 Å². The van der Waals surface area contributed by atoms with Gasteiger partial charge >= 0.3 is 0 Å². The molecule has 0 aliphatic carbocycles. The Morgan fingerprint density at radius 3 is 2.76 bits per heavy atom. The molecule has 1 saturated heterocycles. The third-order valence-corrected chi connectivity index (χ3v) is 3.39. The van der Waals surface area contributed by atoms with Gasteiger partial charge in [-0.1, -0.05) is 0 Å². The highest BCUT2D eigenvalue weighted by Gasteiger charge is 2.24. The van der Waals surface area contributed by atoms with Gasteiger partial charge < -0.3 is 9.64 Å². The number of nitrogens with zero attached hydrogens (tertiary/aromatic N) is 4. The Balaban J connectivity index is 1.61. The summed E-state index contributed by atoms with van der Waals surface area (Å²) in [5.74, 6) is 0.419. The van der Waals surface area contributed by atoms with Crippen molar-refractivity contribution in [1.82, 2.24) is 9.97 Å². The van der Waals surface area contributed by atoms with Crippen LogP contribution in [0.15, 0.2) is 42.9 Å². The molecule has 108 valence electrons. The Bertz CT molecular complexity index is 618. The summed E-state index contributed by atoms with van der Waals surface area (Å²) < 4.78 is 5.77. The van der Waals surface area contributed by atoms with Gasteiger partial charge in [0.05, 0.1) is 11.5 Å². The predicted molar refractivity (Wildman–Crippen MR) is 76.4 cm³/mol. The molecule has 0 aromatic carbocycles. The number of rotatable bonds is 4. The van der Waals surface area contributed by atoms with Crippen molar-refractivity contribution in [3.63, 3.8) is 0 Å². The smallest absolute Gasteiger partial charge is 0.287 e. The topological polar surface area (TPSA) is 81.4 Å². The molecular formula is C14H14N4O3. The zero-order valence-corrected chi connectivity index (χ0v) is 11.3. The van der Waals surface area contributed by atoms with Crippen LogP contribution in [0.2, 0.25) is 0 Å². The lowest BCUT2D eigenvalue weighted by Crippen LogP contribution is -2.24. The van der Waals surface area contributed by atoms with E-state index in [1.54, 1.807) is 12.4 Å². The van der Waals surface area contributed by atoms with Gasteiger partial charge in [0.25, 0.3) is 5.69 Å². The lowest BCUT2D eigenvalue weighted by Gasteiger charge is -2.18. The molecule has 0 amide bonds. The van der Waals surface area contributed by atoms with Gasteiger partial charge in [0.1, 0.15) is 12.3 Å². The molecule has 0 saturated carbocycles. The molecule has 1 aliphatic heterocycles. The quantitative estimate of drug-likeness (QED) is 0.632. The molecule has 1 fully saturated rings. The van der Waals surface area contributed by atoms with Crippen LogP contribution >= 0.6 is 0 Å². The van der Waals surface area contributed by atoms with E-state index in [-0.39, 0.29) is 11.8 Å². The number of nitro groups is 1. The molecule has 3 rings (SSSR count). The maximum absolute atomic E-state index is 10.6. The average Bonchev–Trinajstić information content (AvgIpc) is 2.97. The van der Waals surface area contributed by atoms with Gasteiger partial charge in [0, 0.05) is 43.2 Å². The third-order valence-electron chi connectivity index (χ3n) is 3.39. The SMILES string of the molecule is O=[N+]([O-])c1ccc(O[C@H]2CCN(c3ccncc3)C2)nc1. The maximum Gasteiger partial charge on any atom is 0.287 e. The van der Waals surface area contributed by atoms with Crippen LogP contribution in [-0.2, 0) is 0 Å². The standard InChI is InChI=1S/C14H14N4O3/c19-18(20)12-1-2-14(16-9-12)21-13-5-8-17(10-13)11-3-6-15-7-4-11/h1-4,6-7,9,13H,5,8,10H2/t13-/m0/s1. The number of hydrogen-bond donors (Lipinski definition) is 0. The van der Waals surface area contributed by atoms with Crippen molar-refractivity contribution in [3.05, 3.63) is 53.0 Å². The van der Waals surface area contributed by atoms with Gasteiger partial charge in [0.15, 0.2) is 0 Å². The Hall–Kier alpha value is -2.70.